The molecule has 0 aliphatic heterocycles. The van der Waals surface area contributed by atoms with E-state index < -0.39 is 5.60 Å². The van der Waals surface area contributed by atoms with Crippen molar-refractivity contribution in [2.45, 2.75) is 72.3 Å². The molecular weight excluding hydrogens is 196 g/mol. The van der Waals surface area contributed by atoms with E-state index in [0.717, 1.165) is 18.8 Å². The highest BCUT2D eigenvalue weighted by Gasteiger charge is 2.36. The predicted molar refractivity (Wildman–Crippen MR) is 70.4 cm³/mol. The van der Waals surface area contributed by atoms with Crippen LogP contribution in [0.3, 0.4) is 0 Å². The molecule has 1 saturated carbocycles. The van der Waals surface area contributed by atoms with Crippen LogP contribution in [0.4, 0.5) is 0 Å². The summed E-state index contributed by atoms with van der Waals surface area (Å²) in [6, 6.07) is 0. The molecule has 1 aliphatic rings. The SMILES string of the molecule is CCC(C)(C)C1CCC(O)(C=C(C)C)CC1. The van der Waals surface area contributed by atoms with Gasteiger partial charge in [-0.05, 0) is 50.9 Å². The third-order valence-electron chi connectivity index (χ3n) is 4.43. The van der Waals surface area contributed by atoms with Crippen LogP contribution in [0, 0.1) is 11.3 Å². The highest BCUT2D eigenvalue weighted by atomic mass is 16.3. The van der Waals surface area contributed by atoms with Crippen LogP contribution in [0.1, 0.15) is 66.7 Å². The highest BCUT2D eigenvalue weighted by molar-refractivity contribution is 5.09. The lowest BCUT2D eigenvalue weighted by Crippen LogP contribution is -2.36. The van der Waals surface area contributed by atoms with Crippen molar-refractivity contribution >= 4 is 0 Å². The van der Waals surface area contributed by atoms with Crippen LogP contribution in [0.5, 0.6) is 0 Å². The fourth-order valence-corrected chi connectivity index (χ4v) is 2.87. The predicted octanol–water partition coefficient (Wildman–Crippen LogP) is 4.31. The number of aliphatic hydroxyl groups is 1. The Morgan fingerprint density at radius 3 is 2.19 bits per heavy atom. The van der Waals surface area contributed by atoms with Crippen molar-refractivity contribution in [2.75, 3.05) is 0 Å². The molecule has 1 rings (SSSR count). The summed E-state index contributed by atoms with van der Waals surface area (Å²) in [6.45, 7) is 11.1. The largest absolute Gasteiger partial charge is 0.386 e. The molecule has 1 aliphatic carbocycles. The van der Waals surface area contributed by atoms with Gasteiger partial charge in [-0.1, -0.05) is 38.8 Å². The van der Waals surface area contributed by atoms with E-state index in [2.05, 4.69) is 40.7 Å². The first-order valence-corrected chi connectivity index (χ1v) is 6.67. The van der Waals surface area contributed by atoms with E-state index in [4.69, 9.17) is 0 Å². The molecule has 0 atom stereocenters. The van der Waals surface area contributed by atoms with Crippen LogP contribution in [0.25, 0.3) is 0 Å². The fraction of sp³-hybridized carbons (Fsp3) is 0.867. The Kier molecular flexibility index (Phi) is 4.23. The van der Waals surface area contributed by atoms with E-state index in [-0.39, 0.29) is 0 Å². The highest BCUT2D eigenvalue weighted by Crippen LogP contribution is 2.43. The summed E-state index contributed by atoms with van der Waals surface area (Å²) in [5.41, 5.74) is 1.15. The zero-order chi connectivity index (χ0) is 12.4. The lowest BCUT2D eigenvalue weighted by atomic mass is 9.66. The molecule has 0 aromatic rings. The van der Waals surface area contributed by atoms with Gasteiger partial charge in [0.2, 0.25) is 0 Å². The lowest BCUT2D eigenvalue weighted by Gasteiger charge is -2.41. The summed E-state index contributed by atoms with van der Waals surface area (Å²) in [7, 11) is 0. The van der Waals surface area contributed by atoms with Gasteiger partial charge in [0, 0.05) is 0 Å². The van der Waals surface area contributed by atoms with Crippen LogP contribution >= 0.6 is 0 Å². The summed E-state index contributed by atoms with van der Waals surface area (Å²) in [4.78, 5) is 0. The molecule has 0 amide bonds. The first kappa shape index (κ1) is 13.8. The van der Waals surface area contributed by atoms with E-state index in [9.17, 15) is 5.11 Å². The molecule has 1 heteroatoms. The molecule has 1 N–H and O–H groups in total. The van der Waals surface area contributed by atoms with Crippen molar-refractivity contribution in [1.82, 2.24) is 0 Å². The van der Waals surface area contributed by atoms with E-state index in [1.54, 1.807) is 0 Å². The van der Waals surface area contributed by atoms with Crippen LogP contribution in [0.15, 0.2) is 11.6 Å². The van der Waals surface area contributed by atoms with Gasteiger partial charge in [-0.3, -0.25) is 0 Å². The van der Waals surface area contributed by atoms with Crippen molar-refractivity contribution in [3.05, 3.63) is 11.6 Å². The summed E-state index contributed by atoms with van der Waals surface area (Å²) in [5.74, 6) is 0.781. The first-order valence-electron chi connectivity index (χ1n) is 6.67. The van der Waals surface area contributed by atoms with Gasteiger partial charge in [0.15, 0.2) is 0 Å². The van der Waals surface area contributed by atoms with Crippen molar-refractivity contribution < 1.29 is 5.11 Å². The smallest absolute Gasteiger partial charge is 0.0830 e. The molecule has 16 heavy (non-hydrogen) atoms. The third-order valence-corrected chi connectivity index (χ3v) is 4.43. The van der Waals surface area contributed by atoms with Gasteiger partial charge in [0.05, 0.1) is 5.60 Å². The maximum atomic E-state index is 10.4. The second-order valence-corrected chi connectivity index (χ2v) is 6.44. The summed E-state index contributed by atoms with van der Waals surface area (Å²) < 4.78 is 0. The van der Waals surface area contributed by atoms with Crippen LogP contribution in [0.2, 0.25) is 0 Å². The Labute approximate surface area is 101 Å². The molecule has 0 bridgehead atoms. The Balaban J connectivity index is 2.61. The van der Waals surface area contributed by atoms with Crippen molar-refractivity contribution in [3.8, 4) is 0 Å². The first-order chi connectivity index (χ1) is 7.29. The standard InChI is InChI=1S/C15H28O/c1-6-14(4,5)13-7-9-15(16,10-8-13)11-12(2)3/h11,13,16H,6-10H2,1-5H3. The second-order valence-electron chi connectivity index (χ2n) is 6.44. The zero-order valence-corrected chi connectivity index (χ0v) is 11.6. The quantitative estimate of drug-likeness (QED) is 0.708. The number of rotatable bonds is 3. The molecule has 0 unspecified atom stereocenters. The number of hydrogen-bond acceptors (Lipinski definition) is 1. The molecule has 0 spiro atoms. The topological polar surface area (TPSA) is 20.2 Å². The van der Waals surface area contributed by atoms with E-state index in [1.165, 1.54) is 24.8 Å². The Bertz CT molecular complexity index is 251. The number of allylic oxidation sites excluding steroid dienone is 1. The van der Waals surface area contributed by atoms with Gasteiger partial charge in [-0.25, -0.2) is 0 Å². The molecule has 94 valence electrons. The summed E-state index contributed by atoms with van der Waals surface area (Å²) >= 11 is 0. The molecule has 0 radical (unpaired) electrons. The lowest BCUT2D eigenvalue weighted by molar-refractivity contribution is 0.00852. The third kappa shape index (κ3) is 3.35. The van der Waals surface area contributed by atoms with Gasteiger partial charge in [-0.15, -0.1) is 0 Å². The van der Waals surface area contributed by atoms with Crippen molar-refractivity contribution in [3.63, 3.8) is 0 Å². The second kappa shape index (κ2) is 4.91. The molecule has 0 aromatic carbocycles. The maximum Gasteiger partial charge on any atom is 0.0830 e. The van der Waals surface area contributed by atoms with Crippen LogP contribution in [-0.4, -0.2) is 10.7 Å². The van der Waals surface area contributed by atoms with Gasteiger partial charge in [0.1, 0.15) is 0 Å². The average Bonchev–Trinajstić information content (AvgIpc) is 2.16. The molecule has 0 heterocycles. The van der Waals surface area contributed by atoms with E-state index >= 15 is 0 Å². The molecule has 1 nitrogen and oxygen atoms in total. The van der Waals surface area contributed by atoms with Gasteiger partial charge < -0.3 is 5.11 Å². The summed E-state index contributed by atoms with van der Waals surface area (Å²) in [5, 5.41) is 10.4. The number of hydrogen-bond donors (Lipinski definition) is 1. The Morgan fingerprint density at radius 2 is 1.81 bits per heavy atom. The molecule has 0 aromatic heterocycles. The Morgan fingerprint density at radius 1 is 1.31 bits per heavy atom. The molecular formula is C15H28O. The average molecular weight is 224 g/mol. The minimum Gasteiger partial charge on any atom is -0.386 e. The van der Waals surface area contributed by atoms with Crippen molar-refractivity contribution in [2.24, 2.45) is 11.3 Å². The minimum atomic E-state index is -0.515. The van der Waals surface area contributed by atoms with E-state index in [1.807, 2.05) is 0 Å². The zero-order valence-electron chi connectivity index (χ0n) is 11.6. The van der Waals surface area contributed by atoms with E-state index in [0.29, 0.717) is 5.41 Å². The monoisotopic (exact) mass is 224 g/mol. The molecule has 0 saturated heterocycles. The van der Waals surface area contributed by atoms with Crippen LogP contribution in [-0.2, 0) is 0 Å². The minimum absolute atomic E-state index is 0.437. The van der Waals surface area contributed by atoms with Gasteiger partial charge in [0.25, 0.3) is 0 Å². The Hall–Kier alpha value is -0.300. The van der Waals surface area contributed by atoms with Crippen LogP contribution < -0.4 is 0 Å². The fourth-order valence-electron chi connectivity index (χ4n) is 2.87. The van der Waals surface area contributed by atoms with Gasteiger partial charge in [-0.2, -0.15) is 0 Å². The molecule has 1 fully saturated rings. The normalized spacial score (nSPS) is 31.2. The van der Waals surface area contributed by atoms with Gasteiger partial charge >= 0.3 is 0 Å². The summed E-state index contributed by atoms with van der Waals surface area (Å²) in [6.07, 6.45) is 7.50. The maximum absolute atomic E-state index is 10.4. The van der Waals surface area contributed by atoms with Crippen molar-refractivity contribution in [1.29, 1.82) is 0 Å².